The highest BCUT2D eigenvalue weighted by Crippen LogP contribution is 2.15. The first-order chi connectivity index (χ1) is 10.1. The van der Waals surface area contributed by atoms with Crippen LogP contribution in [0.2, 0.25) is 5.02 Å². The summed E-state index contributed by atoms with van der Waals surface area (Å²) in [6.45, 7) is 9.66. The van der Waals surface area contributed by atoms with Crippen LogP contribution in [-0.4, -0.2) is 28.3 Å². The smallest absolute Gasteiger partial charge is 0.242 e. The largest absolute Gasteiger partial charge is 0.350 e. The molecule has 0 aromatic heterocycles. The summed E-state index contributed by atoms with van der Waals surface area (Å²) in [5.74, 6) is -0.215. The molecule has 1 aromatic rings. The van der Waals surface area contributed by atoms with E-state index < -0.39 is 6.04 Å². The van der Waals surface area contributed by atoms with Crippen LogP contribution in [0.25, 0.3) is 0 Å². The molecule has 5 heteroatoms. The Morgan fingerprint density at radius 3 is 2.45 bits per heavy atom. The van der Waals surface area contributed by atoms with Crippen LogP contribution in [0.3, 0.4) is 0 Å². The lowest BCUT2D eigenvalue weighted by atomic mass is 10.1. The Morgan fingerprint density at radius 1 is 1.32 bits per heavy atom. The van der Waals surface area contributed by atoms with Gasteiger partial charge in [0.2, 0.25) is 11.8 Å². The van der Waals surface area contributed by atoms with Crippen molar-refractivity contribution in [2.45, 2.75) is 59.2 Å². The van der Waals surface area contributed by atoms with Crippen LogP contribution < -0.4 is 5.32 Å². The first-order valence-corrected chi connectivity index (χ1v) is 7.87. The highest BCUT2D eigenvalue weighted by molar-refractivity contribution is 6.30. The Hall–Kier alpha value is -1.55. The van der Waals surface area contributed by atoms with E-state index in [9.17, 15) is 9.59 Å². The third-order valence-electron chi connectivity index (χ3n) is 3.21. The van der Waals surface area contributed by atoms with Crippen LogP contribution in [0.5, 0.6) is 0 Å². The molecule has 0 saturated carbocycles. The van der Waals surface area contributed by atoms with E-state index in [1.54, 1.807) is 24.8 Å². The molecule has 0 aliphatic heterocycles. The van der Waals surface area contributed by atoms with Gasteiger partial charge in [-0.2, -0.15) is 0 Å². The maximum atomic E-state index is 12.3. The summed E-state index contributed by atoms with van der Waals surface area (Å²) >= 11 is 5.99. The van der Waals surface area contributed by atoms with Crippen molar-refractivity contribution in [3.05, 3.63) is 34.9 Å². The van der Waals surface area contributed by atoms with Crippen LogP contribution in [0.4, 0.5) is 0 Å². The quantitative estimate of drug-likeness (QED) is 0.902. The van der Waals surface area contributed by atoms with Crippen molar-refractivity contribution in [1.82, 2.24) is 10.2 Å². The zero-order valence-corrected chi connectivity index (χ0v) is 14.7. The van der Waals surface area contributed by atoms with E-state index in [-0.39, 0.29) is 17.4 Å². The molecule has 0 aliphatic rings. The van der Waals surface area contributed by atoms with E-state index in [1.165, 1.54) is 0 Å². The minimum absolute atomic E-state index is 0.0588. The van der Waals surface area contributed by atoms with Gasteiger partial charge < -0.3 is 10.2 Å². The van der Waals surface area contributed by atoms with Gasteiger partial charge in [-0.05, 0) is 45.4 Å². The lowest BCUT2D eigenvalue weighted by Gasteiger charge is -2.31. The van der Waals surface area contributed by atoms with Crippen LogP contribution in [0, 0.1) is 0 Å². The molecule has 2 amide bonds. The summed E-state index contributed by atoms with van der Waals surface area (Å²) in [6, 6.07) is 6.80. The minimum atomic E-state index is -0.536. The van der Waals surface area contributed by atoms with Crippen molar-refractivity contribution in [3.63, 3.8) is 0 Å². The number of amides is 2. The summed E-state index contributed by atoms with van der Waals surface area (Å²) in [5, 5.41) is 3.54. The molecule has 0 heterocycles. The molecule has 1 aromatic carbocycles. The van der Waals surface area contributed by atoms with E-state index in [1.807, 2.05) is 39.0 Å². The van der Waals surface area contributed by atoms with E-state index in [0.29, 0.717) is 18.0 Å². The molecule has 1 rings (SSSR count). The summed E-state index contributed by atoms with van der Waals surface area (Å²) in [7, 11) is 0. The third-order valence-corrected chi connectivity index (χ3v) is 3.44. The van der Waals surface area contributed by atoms with Gasteiger partial charge in [0, 0.05) is 23.5 Å². The van der Waals surface area contributed by atoms with Gasteiger partial charge >= 0.3 is 0 Å². The summed E-state index contributed by atoms with van der Waals surface area (Å²) in [5.41, 5.74) is 0.576. The lowest BCUT2D eigenvalue weighted by molar-refractivity contribution is -0.141. The van der Waals surface area contributed by atoms with Crippen LogP contribution >= 0.6 is 11.6 Å². The Kier molecular flexibility index (Phi) is 6.42. The molecule has 1 N–H and O–H groups in total. The normalized spacial score (nSPS) is 12.6. The van der Waals surface area contributed by atoms with Gasteiger partial charge in [-0.1, -0.05) is 30.7 Å². The highest BCUT2D eigenvalue weighted by atomic mass is 35.5. The van der Waals surface area contributed by atoms with Gasteiger partial charge in [0.15, 0.2) is 0 Å². The Labute approximate surface area is 137 Å². The maximum Gasteiger partial charge on any atom is 0.242 e. The fourth-order valence-electron chi connectivity index (χ4n) is 2.09. The molecule has 4 nitrogen and oxygen atoms in total. The van der Waals surface area contributed by atoms with Crippen molar-refractivity contribution < 1.29 is 9.59 Å². The molecule has 0 saturated heterocycles. The van der Waals surface area contributed by atoms with Gasteiger partial charge in [-0.3, -0.25) is 9.59 Å². The maximum absolute atomic E-state index is 12.3. The summed E-state index contributed by atoms with van der Waals surface area (Å²) in [4.78, 5) is 26.2. The average molecular weight is 325 g/mol. The van der Waals surface area contributed by atoms with Crippen LogP contribution in [-0.2, 0) is 16.1 Å². The molecule has 122 valence electrons. The second-order valence-corrected chi connectivity index (χ2v) is 6.86. The Bertz CT molecular complexity index is 538. The minimum Gasteiger partial charge on any atom is -0.350 e. The third kappa shape index (κ3) is 5.68. The fraction of sp³-hybridized carbons (Fsp3) is 0.529. The number of halogens is 1. The monoisotopic (exact) mass is 324 g/mol. The number of carbonyl (C=O) groups excluding carboxylic acids is 2. The van der Waals surface area contributed by atoms with E-state index in [2.05, 4.69) is 5.32 Å². The number of rotatable bonds is 5. The number of benzene rings is 1. The van der Waals surface area contributed by atoms with Crippen molar-refractivity contribution in [2.75, 3.05) is 0 Å². The molecule has 1 atom stereocenters. The average Bonchev–Trinajstić information content (AvgIpc) is 2.41. The fourth-order valence-corrected chi connectivity index (χ4v) is 2.30. The molecule has 22 heavy (non-hydrogen) atoms. The van der Waals surface area contributed by atoms with Crippen LogP contribution in [0.1, 0.15) is 46.6 Å². The number of hydrogen-bond donors (Lipinski definition) is 1. The van der Waals surface area contributed by atoms with Crippen LogP contribution in [0.15, 0.2) is 24.3 Å². The topological polar surface area (TPSA) is 49.4 Å². The molecule has 0 aliphatic carbocycles. The van der Waals surface area contributed by atoms with Gasteiger partial charge in [0.1, 0.15) is 6.04 Å². The Balaban J connectivity index is 2.93. The molecule has 0 unspecified atom stereocenters. The van der Waals surface area contributed by atoms with Crippen molar-refractivity contribution in [3.8, 4) is 0 Å². The number of nitrogens with one attached hydrogen (secondary N) is 1. The molecule has 0 fully saturated rings. The molecular weight excluding hydrogens is 300 g/mol. The van der Waals surface area contributed by atoms with Gasteiger partial charge in [-0.25, -0.2) is 0 Å². The number of carbonyl (C=O) groups is 2. The SMILES string of the molecule is CCC(=O)N(Cc1cccc(Cl)c1)[C@H](C)C(=O)NC(C)(C)C. The second-order valence-electron chi connectivity index (χ2n) is 6.42. The zero-order chi connectivity index (χ0) is 16.9. The molecule has 0 bridgehead atoms. The predicted molar refractivity (Wildman–Crippen MR) is 89.7 cm³/mol. The van der Waals surface area contributed by atoms with Gasteiger partial charge in [-0.15, -0.1) is 0 Å². The van der Waals surface area contributed by atoms with Crippen molar-refractivity contribution >= 4 is 23.4 Å². The lowest BCUT2D eigenvalue weighted by Crippen LogP contribution is -2.52. The highest BCUT2D eigenvalue weighted by Gasteiger charge is 2.27. The van der Waals surface area contributed by atoms with Crippen molar-refractivity contribution in [1.29, 1.82) is 0 Å². The number of hydrogen-bond acceptors (Lipinski definition) is 2. The van der Waals surface area contributed by atoms with E-state index >= 15 is 0 Å². The second kappa shape index (κ2) is 7.63. The molecule has 0 spiro atoms. The van der Waals surface area contributed by atoms with Gasteiger partial charge in [0.25, 0.3) is 0 Å². The zero-order valence-electron chi connectivity index (χ0n) is 13.9. The standard InChI is InChI=1S/C17H25ClN2O2/c1-6-15(21)20(11-13-8-7-9-14(18)10-13)12(2)16(22)19-17(3,4)5/h7-10,12H,6,11H2,1-5H3,(H,19,22)/t12-/m1/s1. The van der Waals surface area contributed by atoms with E-state index in [4.69, 9.17) is 11.6 Å². The summed E-state index contributed by atoms with van der Waals surface area (Å²) in [6.07, 6.45) is 0.355. The number of nitrogens with zero attached hydrogens (tertiary/aromatic N) is 1. The summed E-state index contributed by atoms with van der Waals surface area (Å²) < 4.78 is 0. The molecule has 0 radical (unpaired) electrons. The molecular formula is C17H25ClN2O2. The van der Waals surface area contributed by atoms with E-state index in [0.717, 1.165) is 5.56 Å². The first-order valence-electron chi connectivity index (χ1n) is 7.50. The van der Waals surface area contributed by atoms with Crippen molar-refractivity contribution in [2.24, 2.45) is 0 Å². The Morgan fingerprint density at radius 2 is 1.95 bits per heavy atom. The van der Waals surface area contributed by atoms with Gasteiger partial charge in [0.05, 0.1) is 0 Å². The predicted octanol–water partition coefficient (Wildman–Crippen LogP) is 3.38. The first kappa shape index (κ1) is 18.5.